The zero-order valence-corrected chi connectivity index (χ0v) is 11.2. The van der Waals surface area contributed by atoms with Gasteiger partial charge in [0.15, 0.2) is 0 Å². The van der Waals surface area contributed by atoms with Crippen molar-refractivity contribution in [1.82, 2.24) is 0 Å². The summed E-state index contributed by atoms with van der Waals surface area (Å²) in [5, 5.41) is 9.94. The molecule has 0 aliphatic heterocycles. The number of nitrogens with two attached hydrogens (primary N) is 1. The van der Waals surface area contributed by atoms with Crippen LogP contribution in [0.3, 0.4) is 0 Å². The van der Waals surface area contributed by atoms with E-state index in [1.807, 2.05) is 24.3 Å². The summed E-state index contributed by atoms with van der Waals surface area (Å²) < 4.78 is 5.64. The fourth-order valence-electron chi connectivity index (χ4n) is 1.79. The maximum atomic E-state index is 9.37. The molecule has 19 heavy (non-hydrogen) atoms. The molecule has 0 aliphatic carbocycles. The molecule has 2 aromatic carbocycles. The smallest absolute Gasteiger partial charge is 0.138 e. The average molecular weight is 278 g/mol. The van der Waals surface area contributed by atoms with Crippen LogP contribution in [0, 0.1) is 0 Å². The molecular formula is C15H16ClNO2. The topological polar surface area (TPSA) is 55.5 Å². The Balaban J connectivity index is 2.03. The first-order chi connectivity index (χ1) is 9.19. The summed E-state index contributed by atoms with van der Waals surface area (Å²) in [6.45, 7) is 0.962. The van der Waals surface area contributed by atoms with Crippen LogP contribution in [-0.2, 0) is 13.0 Å². The maximum Gasteiger partial charge on any atom is 0.138 e. The summed E-state index contributed by atoms with van der Waals surface area (Å²) in [5.41, 5.74) is 7.48. The largest absolute Gasteiger partial charge is 0.508 e. The monoisotopic (exact) mass is 277 g/mol. The van der Waals surface area contributed by atoms with Gasteiger partial charge in [0, 0.05) is 0 Å². The lowest BCUT2D eigenvalue weighted by molar-refractivity contribution is 0.305. The van der Waals surface area contributed by atoms with Gasteiger partial charge >= 0.3 is 0 Å². The average Bonchev–Trinajstić information content (AvgIpc) is 2.38. The molecule has 4 heteroatoms. The van der Waals surface area contributed by atoms with Crippen molar-refractivity contribution in [3.05, 3.63) is 58.6 Å². The van der Waals surface area contributed by atoms with Crippen LogP contribution in [0.25, 0.3) is 0 Å². The van der Waals surface area contributed by atoms with E-state index < -0.39 is 0 Å². The lowest BCUT2D eigenvalue weighted by Crippen LogP contribution is -2.03. The van der Waals surface area contributed by atoms with Crippen LogP contribution < -0.4 is 10.5 Å². The van der Waals surface area contributed by atoms with Crippen molar-refractivity contribution in [2.45, 2.75) is 13.0 Å². The number of aromatic hydroxyl groups is 1. The Bertz CT molecular complexity index is 558. The third kappa shape index (κ3) is 3.88. The summed E-state index contributed by atoms with van der Waals surface area (Å²) in [6, 6.07) is 12.6. The van der Waals surface area contributed by atoms with Gasteiger partial charge in [-0.2, -0.15) is 0 Å². The molecule has 0 atom stereocenters. The van der Waals surface area contributed by atoms with E-state index in [4.69, 9.17) is 22.1 Å². The summed E-state index contributed by atoms with van der Waals surface area (Å²) >= 11 is 6.15. The van der Waals surface area contributed by atoms with Crippen molar-refractivity contribution in [2.75, 3.05) is 6.54 Å². The van der Waals surface area contributed by atoms with Crippen molar-refractivity contribution >= 4 is 11.6 Å². The van der Waals surface area contributed by atoms with Gasteiger partial charge < -0.3 is 15.6 Å². The number of rotatable bonds is 5. The van der Waals surface area contributed by atoms with Crippen molar-refractivity contribution in [2.24, 2.45) is 5.73 Å². The first kappa shape index (κ1) is 13.7. The SMILES string of the molecule is NCCc1ccc(OCc2cccc(O)c2)c(Cl)c1. The fraction of sp³-hybridized carbons (Fsp3) is 0.200. The fourth-order valence-corrected chi connectivity index (χ4v) is 2.05. The maximum absolute atomic E-state index is 9.37. The van der Waals surface area contributed by atoms with E-state index >= 15 is 0 Å². The molecule has 0 spiro atoms. The highest BCUT2D eigenvalue weighted by Crippen LogP contribution is 2.26. The Morgan fingerprint density at radius 3 is 2.63 bits per heavy atom. The van der Waals surface area contributed by atoms with Gasteiger partial charge in [-0.15, -0.1) is 0 Å². The number of phenols is 1. The quantitative estimate of drug-likeness (QED) is 0.883. The number of hydrogen-bond donors (Lipinski definition) is 2. The molecule has 0 radical (unpaired) electrons. The third-order valence-electron chi connectivity index (χ3n) is 2.73. The highest BCUT2D eigenvalue weighted by Gasteiger charge is 2.04. The zero-order chi connectivity index (χ0) is 13.7. The molecule has 0 aliphatic rings. The van der Waals surface area contributed by atoms with Crippen LogP contribution in [0.15, 0.2) is 42.5 Å². The van der Waals surface area contributed by atoms with Gasteiger partial charge in [0.2, 0.25) is 0 Å². The van der Waals surface area contributed by atoms with E-state index in [0.29, 0.717) is 23.9 Å². The van der Waals surface area contributed by atoms with Crippen molar-refractivity contribution < 1.29 is 9.84 Å². The van der Waals surface area contributed by atoms with Crippen LogP contribution >= 0.6 is 11.6 Å². The van der Waals surface area contributed by atoms with Crippen LogP contribution in [0.1, 0.15) is 11.1 Å². The van der Waals surface area contributed by atoms with Gasteiger partial charge in [-0.3, -0.25) is 0 Å². The van der Waals surface area contributed by atoms with E-state index in [2.05, 4.69) is 0 Å². The minimum Gasteiger partial charge on any atom is -0.508 e. The van der Waals surface area contributed by atoms with E-state index in [1.165, 1.54) is 0 Å². The summed E-state index contributed by atoms with van der Waals surface area (Å²) in [4.78, 5) is 0. The molecule has 0 saturated heterocycles. The zero-order valence-electron chi connectivity index (χ0n) is 10.5. The second-order valence-electron chi connectivity index (χ2n) is 4.26. The number of benzene rings is 2. The second-order valence-corrected chi connectivity index (χ2v) is 4.67. The van der Waals surface area contributed by atoms with E-state index in [0.717, 1.165) is 17.5 Å². The number of phenolic OH excluding ortho intramolecular Hbond substituents is 1. The molecule has 0 aromatic heterocycles. The number of halogens is 1. The summed E-state index contributed by atoms with van der Waals surface area (Å²) in [7, 11) is 0. The molecule has 2 rings (SSSR count). The van der Waals surface area contributed by atoms with Crippen LogP contribution in [0.5, 0.6) is 11.5 Å². The lowest BCUT2D eigenvalue weighted by Gasteiger charge is -2.09. The van der Waals surface area contributed by atoms with Crippen LogP contribution in [0.2, 0.25) is 5.02 Å². The van der Waals surface area contributed by atoms with Crippen molar-refractivity contribution in [1.29, 1.82) is 0 Å². The van der Waals surface area contributed by atoms with Gasteiger partial charge in [0.1, 0.15) is 18.1 Å². The van der Waals surface area contributed by atoms with Crippen molar-refractivity contribution in [3.63, 3.8) is 0 Å². The van der Waals surface area contributed by atoms with E-state index in [9.17, 15) is 5.11 Å². The van der Waals surface area contributed by atoms with Gasteiger partial charge in [-0.05, 0) is 48.4 Å². The van der Waals surface area contributed by atoms with Crippen LogP contribution in [0.4, 0.5) is 0 Å². The molecule has 0 unspecified atom stereocenters. The molecule has 0 bridgehead atoms. The van der Waals surface area contributed by atoms with E-state index in [-0.39, 0.29) is 5.75 Å². The standard InChI is InChI=1S/C15H16ClNO2/c16-14-9-11(6-7-17)4-5-15(14)19-10-12-2-1-3-13(18)8-12/h1-5,8-9,18H,6-7,10,17H2. The lowest BCUT2D eigenvalue weighted by atomic mass is 10.1. The first-order valence-corrected chi connectivity index (χ1v) is 6.46. The highest BCUT2D eigenvalue weighted by molar-refractivity contribution is 6.32. The van der Waals surface area contributed by atoms with Gasteiger partial charge in [-0.1, -0.05) is 29.8 Å². The molecule has 0 saturated carbocycles. The molecule has 2 aromatic rings. The Hall–Kier alpha value is -1.71. The number of ether oxygens (including phenoxy) is 1. The normalized spacial score (nSPS) is 10.4. The predicted octanol–water partition coefficient (Wildman–Crippen LogP) is 3.13. The number of hydrogen-bond acceptors (Lipinski definition) is 3. The Labute approximate surface area is 117 Å². The Morgan fingerprint density at radius 2 is 1.95 bits per heavy atom. The molecule has 3 nitrogen and oxygen atoms in total. The van der Waals surface area contributed by atoms with Crippen molar-refractivity contribution in [3.8, 4) is 11.5 Å². The van der Waals surface area contributed by atoms with Gasteiger partial charge in [-0.25, -0.2) is 0 Å². The molecular weight excluding hydrogens is 262 g/mol. The van der Waals surface area contributed by atoms with Gasteiger partial charge in [0.05, 0.1) is 5.02 Å². The van der Waals surface area contributed by atoms with E-state index in [1.54, 1.807) is 18.2 Å². The van der Waals surface area contributed by atoms with Gasteiger partial charge in [0.25, 0.3) is 0 Å². The molecule has 0 amide bonds. The Kier molecular flexibility index (Phi) is 4.66. The second kappa shape index (κ2) is 6.45. The minimum atomic E-state index is 0.227. The first-order valence-electron chi connectivity index (χ1n) is 6.08. The minimum absolute atomic E-state index is 0.227. The Morgan fingerprint density at radius 1 is 1.11 bits per heavy atom. The summed E-state index contributed by atoms with van der Waals surface area (Å²) in [6.07, 6.45) is 0.798. The molecule has 0 heterocycles. The molecule has 0 fully saturated rings. The highest BCUT2D eigenvalue weighted by atomic mass is 35.5. The molecule has 3 N–H and O–H groups in total. The predicted molar refractivity (Wildman–Crippen MR) is 76.6 cm³/mol. The third-order valence-corrected chi connectivity index (χ3v) is 3.03. The van der Waals surface area contributed by atoms with Crippen LogP contribution in [-0.4, -0.2) is 11.7 Å². The summed E-state index contributed by atoms with van der Waals surface area (Å²) in [5.74, 6) is 0.858. The molecule has 100 valence electrons.